The number of urea groups is 1. The van der Waals surface area contributed by atoms with E-state index in [9.17, 15) is 9.90 Å². The summed E-state index contributed by atoms with van der Waals surface area (Å²) in [6.45, 7) is 0.0365. The minimum absolute atomic E-state index is 0.0365. The van der Waals surface area contributed by atoms with Crippen LogP contribution in [0, 0.1) is 0 Å². The summed E-state index contributed by atoms with van der Waals surface area (Å²) in [5.41, 5.74) is 1.05. The summed E-state index contributed by atoms with van der Waals surface area (Å²) in [5, 5.41) is 15.4. The molecular formula is C16H19N3O4. The predicted molar refractivity (Wildman–Crippen MR) is 85.8 cm³/mol. The number of hydrogen-bond donors (Lipinski definition) is 3. The van der Waals surface area contributed by atoms with Crippen LogP contribution < -0.4 is 20.1 Å². The minimum atomic E-state index is -0.882. The normalized spacial score (nSPS) is 11.4. The Labute approximate surface area is 134 Å². The van der Waals surface area contributed by atoms with E-state index in [1.807, 2.05) is 6.07 Å². The molecule has 0 radical (unpaired) electrons. The highest BCUT2D eigenvalue weighted by Gasteiger charge is 2.14. The van der Waals surface area contributed by atoms with E-state index in [2.05, 4.69) is 15.6 Å². The van der Waals surface area contributed by atoms with Crippen molar-refractivity contribution >= 4 is 11.7 Å². The first kappa shape index (κ1) is 16.6. The first-order valence-corrected chi connectivity index (χ1v) is 7.00. The zero-order valence-electron chi connectivity index (χ0n) is 12.9. The van der Waals surface area contributed by atoms with Crippen molar-refractivity contribution in [3.05, 3.63) is 48.2 Å². The van der Waals surface area contributed by atoms with Gasteiger partial charge in [0.15, 0.2) is 0 Å². The smallest absolute Gasteiger partial charge is 0.319 e. The van der Waals surface area contributed by atoms with Crippen molar-refractivity contribution in [2.75, 3.05) is 26.1 Å². The lowest BCUT2D eigenvalue weighted by Gasteiger charge is -2.16. The Morgan fingerprint density at radius 2 is 2.00 bits per heavy atom. The summed E-state index contributed by atoms with van der Waals surface area (Å²) in [5.74, 6) is 0.879. The fourth-order valence-electron chi connectivity index (χ4n) is 2.06. The molecule has 23 heavy (non-hydrogen) atoms. The SMILES string of the molecule is COc1ccccc1[C@@H](O)CNC(=O)Nc1cccnc1OC. The zero-order chi connectivity index (χ0) is 16.7. The standard InChI is InChI=1S/C16H19N3O4/c1-22-14-8-4-3-6-11(14)13(20)10-18-16(21)19-12-7-5-9-17-15(12)23-2/h3-9,13,20H,10H2,1-2H3,(H2,18,19,21)/t13-/m0/s1. The van der Waals surface area contributed by atoms with E-state index in [-0.39, 0.29) is 6.54 Å². The van der Waals surface area contributed by atoms with Gasteiger partial charge in [0.25, 0.3) is 0 Å². The van der Waals surface area contributed by atoms with Crippen molar-refractivity contribution in [3.8, 4) is 11.6 Å². The number of pyridine rings is 1. The highest BCUT2D eigenvalue weighted by molar-refractivity contribution is 5.90. The number of methoxy groups -OCH3 is 2. The number of aliphatic hydroxyl groups is 1. The Morgan fingerprint density at radius 1 is 1.22 bits per heavy atom. The molecule has 1 aromatic carbocycles. The Balaban J connectivity index is 1.94. The molecule has 0 spiro atoms. The number of rotatable bonds is 6. The van der Waals surface area contributed by atoms with E-state index in [0.717, 1.165) is 0 Å². The lowest BCUT2D eigenvalue weighted by atomic mass is 10.1. The van der Waals surface area contributed by atoms with Gasteiger partial charge < -0.3 is 25.2 Å². The van der Waals surface area contributed by atoms with Gasteiger partial charge in [-0.25, -0.2) is 9.78 Å². The van der Waals surface area contributed by atoms with E-state index >= 15 is 0 Å². The van der Waals surface area contributed by atoms with Crippen LogP contribution in [0.5, 0.6) is 11.6 Å². The molecule has 1 heterocycles. The van der Waals surface area contributed by atoms with Crippen LogP contribution >= 0.6 is 0 Å². The number of ether oxygens (including phenoxy) is 2. The van der Waals surface area contributed by atoms with Gasteiger partial charge in [0, 0.05) is 18.3 Å². The molecule has 0 saturated carbocycles. The molecule has 0 bridgehead atoms. The predicted octanol–water partition coefficient (Wildman–Crippen LogP) is 1.95. The van der Waals surface area contributed by atoms with E-state index < -0.39 is 12.1 Å². The molecule has 0 aliphatic rings. The number of benzene rings is 1. The number of hydrogen-bond acceptors (Lipinski definition) is 5. The van der Waals surface area contributed by atoms with Crippen LogP contribution in [0.1, 0.15) is 11.7 Å². The Bertz CT molecular complexity index is 663. The molecule has 3 N–H and O–H groups in total. The molecule has 7 heteroatoms. The van der Waals surface area contributed by atoms with Crippen molar-refractivity contribution in [2.45, 2.75) is 6.10 Å². The highest BCUT2D eigenvalue weighted by Crippen LogP contribution is 2.24. The van der Waals surface area contributed by atoms with Gasteiger partial charge in [0.1, 0.15) is 11.4 Å². The molecule has 122 valence electrons. The first-order valence-electron chi connectivity index (χ1n) is 7.00. The summed E-state index contributed by atoms with van der Waals surface area (Å²) in [6, 6.07) is 9.98. The summed E-state index contributed by atoms with van der Waals surface area (Å²) < 4.78 is 10.2. The van der Waals surface area contributed by atoms with Gasteiger partial charge in [-0.2, -0.15) is 0 Å². The summed E-state index contributed by atoms with van der Waals surface area (Å²) >= 11 is 0. The molecule has 1 atom stereocenters. The quantitative estimate of drug-likeness (QED) is 0.757. The van der Waals surface area contributed by atoms with Gasteiger partial charge in [-0.15, -0.1) is 0 Å². The number of carbonyl (C=O) groups excluding carboxylic acids is 1. The van der Waals surface area contributed by atoms with E-state index in [1.165, 1.54) is 14.2 Å². The Morgan fingerprint density at radius 3 is 2.74 bits per heavy atom. The second-order valence-electron chi connectivity index (χ2n) is 4.65. The monoisotopic (exact) mass is 317 g/mol. The van der Waals surface area contributed by atoms with Gasteiger partial charge in [0.05, 0.1) is 20.3 Å². The van der Waals surface area contributed by atoms with Crippen molar-refractivity contribution in [1.29, 1.82) is 0 Å². The number of nitrogens with zero attached hydrogens (tertiary/aromatic N) is 1. The zero-order valence-corrected chi connectivity index (χ0v) is 12.9. The number of para-hydroxylation sites is 1. The van der Waals surface area contributed by atoms with E-state index in [1.54, 1.807) is 36.5 Å². The lowest BCUT2D eigenvalue weighted by molar-refractivity contribution is 0.171. The van der Waals surface area contributed by atoms with Crippen LogP contribution in [0.4, 0.5) is 10.5 Å². The molecule has 2 rings (SSSR count). The fourth-order valence-corrected chi connectivity index (χ4v) is 2.06. The van der Waals surface area contributed by atoms with Crippen molar-refractivity contribution < 1.29 is 19.4 Å². The average molecular weight is 317 g/mol. The second kappa shape index (κ2) is 8.00. The van der Waals surface area contributed by atoms with E-state index in [4.69, 9.17) is 9.47 Å². The molecular weight excluding hydrogens is 298 g/mol. The molecule has 0 fully saturated rings. The molecule has 0 unspecified atom stereocenters. The maximum absolute atomic E-state index is 11.9. The van der Waals surface area contributed by atoms with Crippen LogP contribution in [0.15, 0.2) is 42.6 Å². The number of carbonyl (C=O) groups is 1. The first-order chi connectivity index (χ1) is 11.2. The van der Waals surface area contributed by atoms with Gasteiger partial charge in [-0.3, -0.25) is 0 Å². The van der Waals surface area contributed by atoms with Crippen LogP contribution in [-0.4, -0.2) is 36.9 Å². The third kappa shape index (κ3) is 4.33. The summed E-state index contributed by atoms with van der Waals surface area (Å²) in [7, 11) is 3.00. The topological polar surface area (TPSA) is 92.7 Å². The minimum Gasteiger partial charge on any atom is -0.496 e. The maximum Gasteiger partial charge on any atom is 0.319 e. The number of aromatic nitrogens is 1. The number of nitrogens with one attached hydrogen (secondary N) is 2. The molecule has 2 amide bonds. The fraction of sp³-hybridized carbons (Fsp3) is 0.250. The number of aliphatic hydroxyl groups excluding tert-OH is 1. The molecule has 2 aromatic rings. The summed E-state index contributed by atoms with van der Waals surface area (Å²) in [6.07, 6.45) is 0.681. The van der Waals surface area contributed by atoms with Crippen LogP contribution in [0.3, 0.4) is 0 Å². The van der Waals surface area contributed by atoms with Gasteiger partial charge in [-0.1, -0.05) is 18.2 Å². The van der Waals surface area contributed by atoms with Gasteiger partial charge >= 0.3 is 6.03 Å². The van der Waals surface area contributed by atoms with Crippen molar-refractivity contribution in [3.63, 3.8) is 0 Å². The van der Waals surface area contributed by atoms with Gasteiger partial charge in [0.2, 0.25) is 5.88 Å². The number of anilines is 1. The van der Waals surface area contributed by atoms with Crippen molar-refractivity contribution in [2.24, 2.45) is 0 Å². The molecule has 7 nitrogen and oxygen atoms in total. The van der Waals surface area contributed by atoms with Gasteiger partial charge in [-0.05, 0) is 18.2 Å². The Hall–Kier alpha value is -2.80. The third-order valence-electron chi connectivity index (χ3n) is 3.17. The van der Waals surface area contributed by atoms with Crippen LogP contribution in [-0.2, 0) is 0 Å². The molecule has 1 aromatic heterocycles. The molecule has 0 aliphatic carbocycles. The Kier molecular flexibility index (Phi) is 5.76. The average Bonchev–Trinajstić information content (AvgIpc) is 2.60. The summed E-state index contributed by atoms with van der Waals surface area (Å²) in [4.78, 5) is 15.9. The highest BCUT2D eigenvalue weighted by atomic mass is 16.5. The maximum atomic E-state index is 11.9. The van der Waals surface area contributed by atoms with Crippen molar-refractivity contribution in [1.82, 2.24) is 10.3 Å². The second-order valence-corrected chi connectivity index (χ2v) is 4.65. The largest absolute Gasteiger partial charge is 0.496 e. The van der Waals surface area contributed by atoms with E-state index in [0.29, 0.717) is 22.9 Å². The molecule has 0 aliphatic heterocycles. The van der Waals surface area contributed by atoms with Crippen LogP contribution in [0.2, 0.25) is 0 Å². The van der Waals surface area contributed by atoms with Crippen LogP contribution in [0.25, 0.3) is 0 Å². The lowest BCUT2D eigenvalue weighted by Crippen LogP contribution is -2.32. The molecule has 0 saturated heterocycles. The third-order valence-corrected chi connectivity index (χ3v) is 3.17. The number of amides is 2.